The molecule has 3 aromatic rings. The van der Waals surface area contributed by atoms with Gasteiger partial charge in [-0.05, 0) is 13.8 Å². The molecule has 0 N–H and O–H groups in total. The Morgan fingerprint density at radius 1 is 1.26 bits per heavy atom. The largest absolute Gasteiger partial charge is 0.338 e. The number of nitrogens with zero attached hydrogens (tertiary/aromatic N) is 4. The van der Waals surface area contributed by atoms with Crippen LogP contribution in [0.1, 0.15) is 27.8 Å². The first-order chi connectivity index (χ1) is 12.8. The van der Waals surface area contributed by atoms with Crippen molar-refractivity contribution in [1.29, 1.82) is 0 Å². The predicted molar refractivity (Wildman–Crippen MR) is 101 cm³/mol. The van der Waals surface area contributed by atoms with Crippen LogP contribution < -0.4 is 0 Å². The first-order valence-electron chi connectivity index (χ1n) is 8.42. The minimum Gasteiger partial charge on any atom is -0.338 e. The zero-order chi connectivity index (χ0) is 19.6. The van der Waals surface area contributed by atoms with Crippen LogP contribution in [0.3, 0.4) is 0 Å². The maximum absolute atomic E-state index is 12.9. The highest BCUT2D eigenvalue weighted by molar-refractivity contribution is 7.12. The van der Waals surface area contributed by atoms with Crippen LogP contribution in [0.4, 0.5) is 8.78 Å². The number of likely N-dealkylation sites (N-methyl/N-ethyl adjacent to an activating group) is 1. The number of benzene rings is 1. The Balaban J connectivity index is 1.76. The van der Waals surface area contributed by atoms with Crippen molar-refractivity contribution < 1.29 is 13.6 Å². The van der Waals surface area contributed by atoms with Crippen molar-refractivity contribution in [3.8, 4) is 11.3 Å². The summed E-state index contributed by atoms with van der Waals surface area (Å²) < 4.78 is 26.7. The van der Waals surface area contributed by atoms with Gasteiger partial charge < -0.3 is 4.90 Å². The Labute approximate surface area is 160 Å². The van der Waals surface area contributed by atoms with E-state index in [0.717, 1.165) is 31.3 Å². The van der Waals surface area contributed by atoms with E-state index in [-0.39, 0.29) is 24.7 Å². The molecule has 0 unspecified atom stereocenters. The molecular weight excluding hydrogens is 370 g/mol. The Hall–Kier alpha value is -2.61. The monoisotopic (exact) mass is 390 g/mol. The molecule has 2 heterocycles. The Kier molecular flexibility index (Phi) is 5.65. The van der Waals surface area contributed by atoms with Crippen molar-refractivity contribution in [2.75, 3.05) is 7.05 Å². The van der Waals surface area contributed by atoms with Gasteiger partial charge in [0.1, 0.15) is 5.82 Å². The van der Waals surface area contributed by atoms with Crippen molar-refractivity contribution in [2.24, 2.45) is 0 Å². The summed E-state index contributed by atoms with van der Waals surface area (Å²) in [6.45, 7) is 1.26. The topological polar surface area (TPSA) is 51.0 Å². The number of halogens is 2. The van der Waals surface area contributed by atoms with E-state index >= 15 is 0 Å². The molecule has 2 aromatic heterocycles. The van der Waals surface area contributed by atoms with Gasteiger partial charge in [-0.1, -0.05) is 29.8 Å². The van der Waals surface area contributed by atoms with E-state index in [1.807, 2.05) is 38.1 Å². The van der Waals surface area contributed by atoms with Crippen molar-refractivity contribution in [3.05, 3.63) is 57.9 Å². The van der Waals surface area contributed by atoms with E-state index in [0.29, 0.717) is 0 Å². The highest BCUT2D eigenvalue weighted by atomic mass is 32.1. The Bertz CT molecular complexity index is 934. The highest BCUT2D eigenvalue weighted by Gasteiger charge is 2.20. The molecule has 142 valence electrons. The molecule has 5 nitrogen and oxygen atoms in total. The molecule has 27 heavy (non-hydrogen) atoms. The van der Waals surface area contributed by atoms with Crippen LogP contribution in [0, 0.1) is 13.8 Å². The summed E-state index contributed by atoms with van der Waals surface area (Å²) in [5.41, 5.74) is 2.91. The fourth-order valence-corrected chi connectivity index (χ4v) is 3.69. The maximum atomic E-state index is 12.9. The molecule has 0 saturated heterocycles. The first kappa shape index (κ1) is 19.2. The quantitative estimate of drug-likeness (QED) is 0.633. The number of carbonyl (C=O) groups is 1. The van der Waals surface area contributed by atoms with Crippen LogP contribution in [0.15, 0.2) is 36.7 Å². The Morgan fingerprint density at radius 2 is 1.96 bits per heavy atom. The van der Waals surface area contributed by atoms with Crippen LogP contribution in [0.25, 0.3) is 11.3 Å². The van der Waals surface area contributed by atoms with Crippen molar-refractivity contribution in [3.63, 3.8) is 0 Å². The number of rotatable bonds is 6. The molecule has 0 aliphatic rings. The van der Waals surface area contributed by atoms with Crippen LogP contribution in [-0.4, -0.2) is 32.4 Å². The molecule has 0 atom stereocenters. The summed E-state index contributed by atoms with van der Waals surface area (Å²) in [6, 6.07) is 7.99. The van der Waals surface area contributed by atoms with E-state index in [4.69, 9.17) is 0 Å². The van der Waals surface area contributed by atoms with Crippen LogP contribution in [0.2, 0.25) is 0 Å². The van der Waals surface area contributed by atoms with Crippen LogP contribution >= 0.6 is 11.3 Å². The summed E-state index contributed by atoms with van der Waals surface area (Å²) in [6.07, 6.45) is 2.68. The summed E-state index contributed by atoms with van der Waals surface area (Å²) in [4.78, 5) is 23.4. The molecule has 0 saturated carbocycles. The average Bonchev–Trinajstić information content (AvgIpc) is 3.22. The van der Waals surface area contributed by atoms with Gasteiger partial charge in [-0.15, -0.1) is 11.3 Å². The van der Waals surface area contributed by atoms with Gasteiger partial charge >= 0.3 is 6.55 Å². The third-order valence-electron chi connectivity index (χ3n) is 4.20. The van der Waals surface area contributed by atoms with Crippen LogP contribution in [0.5, 0.6) is 0 Å². The number of hydrogen-bond acceptors (Lipinski definition) is 4. The lowest BCUT2D eigenvalue weighted by Gasteiger charge is -2.17. The number of carbonyl (C=O) groups excluding carboxylic acids is 1. The van der Waals surface area contributed by atoms with Gasteiger partial charge in [-0.2, -0.15) is 8.78 Å². The highest BCUT2D eigenvalue weighted by Crippen LogP contribution is 2.29. The lowest BCUT2D eigenvalue weighted by molar-refractivity contribution is -0.129. The zero-order valence-corrected chi connectivity index (χ0v) is 16.1. The summed E-state index contributed by atoms with van der Waals surface area (Å²) >= 11 is 1.48. The minimum absolute atomic E-state index is 0.0217. The number of hydrogen-bond donors (Lipinski definition) is 0. The fourth-order valence-electron chi connectivity index (χ4n) is 2.74. The minimum atomic E-state index is -2.68. The second-order valence-electron chi connectivity index (χ2n) is 6.33. The predicted octanol–water partition coefficient (Wildman–Crippen LogP) is 4.22. The van der Waals surface area contributed by atoms with E-state index < -0.39 is 6.55 Å². The van der Waals surface area contributed by atoms with Gasteiger partial charge in [0.15, 0.2) is 0 Å². The third-order valence-corrected chi connectivity index (χ3v) is 5.18. The van der Waals surface area contributed by atoms with Gasteiger partial charge in [-0.3, -0.25) is 9.36 Å². The SMILES string of the molecule is Cc1ccc(-c2nc(C)sc2CC(=O)N(C)Cc2nccn2C(F)F)cc1. The van der Waals surface area contributed by atoms with Gasteiger partial charge in [0, 0.05) is 29.9 Å². The normalized spacial score (nSPS) is 11.2. The van der Waals surface area contributed by atoms with Gasteiger partial charge in [0.05, 0.1) is 23.7 Å². The first-order valence-corrected chi connectivity index (χ1v) is 9.24. The van der Waals surface area contributed by atoms with E-state index in [9.17, 15) is 13.6 Å². The molecule has 8 heteroatoms. The molecule has 0 aliphatic heterocycles. The molecule has 0 spiro atoms. The number of thiazole rings is 1. The lowest BCUT2D eigenvalue weighted by atomic mass is 10.1. The smallest absolute Gasteiger partial charge is 0.319 e. The van der Waals surface area contributed by atoms with Crippen molar-refractivity contribution >= 4 is 17.2 Å². The van der Waals surface area contributed by atoms with Gasteiger partial charge in [0.25, 0.3) is 0 Å². The van der Waals surface area contributed by atoms with Gasteiger partial charge in [-0.25, -0.2) is 9.97 Å². The molecular formula is C19H20F2N4OS. The third kappa shape index (κ3) is 4.39. The molecule has 0 radical (unpaired) electrons. The molecule has 0 aliphatic carbocycles. The second-order valence-corrected chi connectivity index (χ2v) is 7.61. The molecule has 1 aromatic carbocycles. The van der Waals surface area contributed by atoms with Gasteiger partial charge in [0.2, 0.25) is 5.91 Å². The Morgan fingerprint density at radius 3 is 2.63 bits per heavy atom. The van der Waals surface area contributed by atoms with Crippen LogP contribution in [-0.2, 0) is 17.8 Å². The molecule has 0 bridgehead atoms. The number of aryl methyl sites for hydroxylation is 2. The van der Waals surface area contributed by atoms with E-state index in [2.05, 4.69) is 9.97 Å². The molecule has 3 rings (SSSR count). The lowest BCUT2D eigenvalue weighted by Crippen LogP contribution is -2.29. The van der Waals surface area contributed by atoms with Crippen molar-refractivity contribution in [1.82, 2.24) is 19.4 Å². The number of imidazole rings is 1. The van der Waals surface area contributed by atoms with Crippen molar-refractivity contribution in [2.45, 2.75) is 33.4 Å². The summed E-state index contributed by atoms with van der Waals surface area (Å²) in [5.74, 6) is -0.0177. The number of amides is 1. The number of alkyl halides is 2. The fraction of sp³-hybridized carbons (Fsp3) is 0.316. The average molecular weight is 390 g/mol. The van der Waals surface area contributed by atoms with E-state index in [1.54, 1.807) is 7.05 Å². The molecule has 1 amide bonds. The summed E-state index contributed by atoms with van der Waals surface area (Å²) in [5, 5.41) is 0.879. The standard InChI is InChI=1S/C19H20F2N4OS/c1-12-4-6-14(7-5-12)18-15(27-13(2)23-18)10-17(26)24(3)11-16-22-8-9-25(16)19(20)21/h4-9,19H,10-11H2,1-3H3. The number of aromatic nitrogens is 3. The van der Waals surface area contributed by atoms with E-state index in [1.165, 1.54) is 28.6 Å². The second kappa shape index (κ2) is 7.96. The maximum Gasteiger partial charge on any atom is 0.319 e. The summed E-state index contributed by atoms with van der Waals surface area (Å²) in [7, 11) is 1.59. The zero-order valence-electron chi connectivity index (χ0n) is 15.3. The molecule has 0 fully saturated rings.